The average Bonchev–Trinajstić information content (AvgIpc) is 2.46. The SMILES string of the molecule is CCCCCCCCCCCCN([C@@H](CO)C(=O)O)P(=O)(O)O. The van der Waals surface area contributed by atoms with Crippen molar-refractivity contribution in [3.05, 3.63) is 0 Å². The molecule has 1 atom stereocenters. The maximum absolute atomic E-state index is 11.4. The highest BCUT2D eigenvalue weighted by atomic mass is 31.2. The van der Waals surface area contributed by atoms with Crippen LogP contribution in [-0.4, -0.2) is 49.8 Å². The van der Waals surface area contributed by atoms with Gasteiger partial charge in [-0.15, -0.1) is 0 Å². The van der Waals surface area contributed by atoms with Gasteiger partial charge in [-0.3, -0.25) is 4.79 Å². The van der Waals surface area contributed by atoms with Crippen molar-refractivity contribution in [1.29, 1.82) is 0 Å². The minimum Gasteiger partial charge on any atom is -0.480 e. The molecule has 0 aromatic rings. The summed E-state index contributed by atoms with van der Waals surface area (Å²) in [5.74, 6) is -1.43. The third-order valence-corrected chi connectivity index (χ3v) is 5.04. The molecule has 0 fully saturated rings. The Kier molecular flexibility index (Phi) is 12.6. The molecule has 0 aliphatic heterocycles. The zero-order valence-electron chi connectivity index (χ0n) is 14.1. The highest BCUT2D eigenvalue weighted by Crippen LogP contribution is 2.42. The first-order valence-electron chi connectivity index (χ1n) is 8.50. The van der Waals surface area contributed by atoms with E-state index in [-0.39, 0.29) is 6.54 Å². The van der Waals surface area contributed by atoms with Gasteiger partial charge in [0.25, 0.3) is 0 Å². The Bertz CT molecular complexity index is 360. The molecule has 0 radical (unpaired) electrons. The van der Waals surface area contributed by atoms with Crippen LogP contribution in [0.3, 0.4) is 0 Å². The Balaban J connectivity index is 3.93. The number of carbonyl (C=O) groups is 1. The van der Waals surface area contributed by atoms with Crippen LogP contribution in [0.4, 0.5) is 0 Å². The first kappa shape index (κ1) is 22.5. The largest absolute Gasteiger partial charge is 0.480 e. The lowest BCUT2D eigenvalue weighted by Gasteiger charge is -2.27. The molecule has 23 heavy (non-hydrogen) atoms. The third-order valence-electron chi connectivity index (χ3n) is 3.89. The van der Waals surface area contributed by atoms with E-state index < -0.39 is 26.4 Å². The Morgan fingerprint density at radius 2 is 1.39 bits per heavy atom. The normalized spacial score (nSPS) is 13.4. The summed E-state index contributed by atoms with van der Waals surface area (Å²) in [4.78, 5) is 29.4. The van der Waals surface area contributed by atoms with Gasteiger partial charge in [0.2, 0.25) is 0 Å². The molecule has 0 rings (SSSR count). The maximum Gasteiger partial charge on any atom is 0.403 e. The number of hydrogen-bond acceptors (Lipinski definition) is 3. The van der Waals surface area contributed by atoms with Crippen LogP contribution in [0.5, 0.6) is 0 Å². The van der Waals surface area contributed by atoms with Crippen LogP contribution in [0.25, 0.3) is 0 Å². The first-order chi connectivity index (χ1) is 10.8. The lowest BCUT2D eigenvalue weighted by Crippen LogP contribution is -2.42. The van der Waals surface area contributed by atoms with Crippen LogP contribution < -0.4 is 0 Å². The van der Waals surface area contributed by atoms with Crippen molar-refractivity contribution < 1.29 is 29.4 Å². The standard InChI is InChI=1S/C15H32NO6P/c1-2-3-4-5-6-7-8-9-10-11-12-16(23(20,21)22)14(13-17)15(18)19/h14,17H,2-13H2,1H3,(H,18,19)(H2,20,21,22)/t14-/m0/s1. The Morgan fingerprint density at radius 1 is 0.957 bits per heavy atom. The molecule has 0 bridgehead atoms. The summed E-state index contributed by atoms with van der Waals surface area (Å²) in [6.45, 7) is 1.34. The highest BCUT2D eigenvalue weighted by Gasteiger charge is 2.36. The van der Waals surface area contributed by atoms with E-state index in [2.05, 4.69) is 6.92 Å². The van der Waals surface area contributed by atoms with E-state index in [4.69, 9.17) is 10.2 Å². The molecule has 0 heterocycles. The fraction of sp³-hybridized carbons (Fsp3) is 0.933. The summed E-state index contributed by atoms with van der Waals surface area (Å²) in [5.41, 5.74) is 0. The molecule has 0 saturated heterocycles. The Labute approximate surface area is 138 Å². The highest BCUT2D eigenvalue weighted by molar-refractivity contribution is 7.49. The molecular formula is C15H32NO6P. The predicted molar refractivity (Wildman–Crippen MR) is 89.1 cm³/mol. The van der Waals surface area contributed by atoms with E-state index in [1.807, 2.05) is 0 Å². The van der Waals surface area contributed by atoms with Gasteiger partial charge < -0.3 is 20.0 Å². The molecule has 0 aromatic heterocycles. The lowest BCUT2D eigenvalue weighted by molar-refractivity contribution is -0.143. The number of nitrogens with zero attached hydrogens (tertiary/aromatic N) is 1. The van der Waals surface area contributed by atoms with E-state index >= 15 is 0 Å². The lowest BCUT2D eigenvalue weighted by atomic mass is 10.1. The number of aliphatic carboxylic acids is 1. The molecule has 0 aliphatic rings. The summed E-state index contributed by atoms with van der Waals surface area (Å²) in [6, 6.07) is -1.56. The maximum atomic E-state index is 11.4. The summed E-state index contributed by atoms with van der Waals surface area (Å²) in [7, 11) is -4.69. The van der Waals surface area contributed by atoms with Crippen LogP contribution in [0.1, 0.15) is 71.1 Å². The van der Waals surface area contributed by atoms with Gasteiger partial charge in [0.05, 0.1) is 6.61 Å². The van der Waals surface area contributed by atoms with Crippen molar-refractivity contribution >= 4 is 13.7 Å². The second-order valence-corrected chi connectivity index (χ2v) is 7.44. The van der Waals surface area contributed by atoms with E-state index in [0.29, 0.717) is 11.1 Å². The molecule has 7 nitrogen and oxygen atoms in total. The zero-order chi connectivity index (χ0) is 17.7. The van der Waals surface area contributed by atoms with Gasteiger partial charge in [-0.25, -0.2) is 4.57 Å². The molecule has 0 unspecified atom stereocenters. The van der Waals surface area contributed by atoms with Crippen LogP contribution >= 0.6 is 7.75 Å². The van der Waals surface area contributed by atoms with Gasteiger partial charge in [0.1, 0.15) is 6.04 Å². The fourth-order valence-corrected chi connectivity index (χ4v) is 3.47. The van der Waals surface area contributed by atoms with Crippen LogP contribution in [-0.2, 0) is 9.36 Å². The number of carboxylic acids is 1. The van der Waals surface area contributed by atoms with Crippen molar-refractivity contribution in [1.82, 2.24) is 4.67 Å². The smallest absolute Gasteiger partial charge is 0.403 e. The van der Waals surface area contributed by atoms with Gasteiger partial charge in [-0.2, -0.15) is 4.67 Å². The van der Waals surface area contributed by atoms with Crippen molar-refractivity contribution in [3.8, 4) is 0 Å². The van der Waals surface area contributed by atoms with Gasteiger partial charge >= 0.3 is 13.7 Å². The number of aliphatic hydroxyl groups is 1. The number of unbranched alkanes of at least 4 members (excludes halogenated alkanes) is 9. The van der Waals surface area contributed by atoms with Crippen LogP contribution in [0.15, 0.2) is 0 Å². The number of aliphatic hydroxyl groups excluding tert-OH is 1. The van der Waals surface area contributed by atoms with Crippen molar-refractivity contribution in [3.63, 3.8) is 0 Å². The summed E-state index contributed by atoms with van der Waals surface area (Å²) in [5, 5.41) is 17.9. The molecule has 0 aromatic carbocycles. The number of rotatable bonds is 15. The molecule has 0 amide bonds. The predicted octanol–water partition coefficient (Wildman–Crippen LogP) is 2.75. The summed E-state index contributed by atoms with van der Waals surface area (Å²) >= 11 is 0. The number of hydrogen-bond donors (Lipinski definition) is 4. The molecule has 138 valence electrons. The van der Waals surface area contributed by atoms with Gasteiger partial charge in [-0.05, 0) is 6.42 Å². The third kappa shape index (κ3) is 10.8. The van der Waals surface area contributed by atoms with Crippen molar-refractivity contribution in [2.24, 2.45) is 0 Å². The minimum absolute atomic E-state index is 0.0295. The van der Waals surface area contributed by atoms with E-state index in [0.717, 1.165) is 19.3 Å². The van der Waals surface area contributed by atoms with Gasteiger partial charge in [0, 0.05) is 6.54 Å². The quantitative estimate of drug-likeness (QED) is 0.264. The van der Waals surface area contributed by atoms with E-state index in [9.17, 15) is 19.1 Å². The summed E-state index contributed by atoms with van der Waals surface area (Å²) in [6.07, 6.45) is 10.8. The second-order valence-electron chi connectivity index (χ2n) is 5.89. The van der Waals surface area contributed by atoms with Crippen LogP contribution in [0.2, 0.25) is 0 Å². The minimum atomic E-state index is -4.69. The van der Waals surface area contributed by atoms with E-state index in [1.165, 1.54) is 38.5 Å². The van der Waals surface area contributed by atoms with Crippen molar-refractivity contribution in [2.75, 3.05) is 13.2 Å². The molecular weight excluding hydrogens is 321 g/mol. The van der Waals surface area contributed by atoms with E-state index in [1.54, 1.807) is 0 Å². The molecule has 0 spiro atoms. The topological polar surface area (TPSA) is 118 Å². The zero-order valence-corrected chi connectivity index (χ0v) is 15.0. The fourth-order valence-electron chi connectivity index (χ4n) is 2.53. The van der Waals surface area contributed by atoms with Gasteiger partial charge in [-0.1, -0.05) is 64.7 Å². The Morgan fingerprint density at radius 3 is 1.74 bits per heavy atom. The second kappa shape index (κ2) is 12.9. The molecule has 4 N–H and O–H groups in total. The number of carboxylic acid groups (broad SMARTS) is 1. The average molecular weight is 353 g/mol. The molecule has 0 saturated carbocycles. The van der Waals surface area contributed by atoms with Crippen LogP contribution in [0, 0.1) is 0 Å². The van der Waals surface area contributed by atoms with Crippen molar-refractivity contribution in [2.45, 2.75) is 77.2 Å². The summed E-state index contributed by atoms with van der Waals surface area (Å²) < 4.78 is 12.0. The Hall–Kier alpha value is -0.460. The monoisotopic (exact) mass is 353 g/mol. The molecule has 8 heteroatoms. The van der Waals surface area contributed by atoms with Gasteiger partial charge in [0.15, 0.2) is 0 Å². The first-order valence-corrected chi connectivity index (χ1v) is 10.1. The molecule has 0 aliphatic carbocycles.